The molecule has 30 atom stereocenters. The van der Waals surface area contributed by atoms with Gasteiger partial charge in [-0.25, -0.2) is 0 Å². The van der Waals surface area contributed by atoms with Gasteiger partial charge in [-0.3, -0.25) is 4.79 Å². The fourth-order valence-corrected chi connectivity index (χ4v) is 9.06. The number of hydrogen-bond acceptors (Lipinski definition) is 27. The Labute approximate surface area is 403 Å². The number of ether oxygens (including phenoxy) is 13. The Bertz CT molecular complexity index is 1620. The van der Waals surface area contributed by atoms with Crippen molar-refractivity contribution < 1.29 is 133 Å². The monoisotopic (exact) mass is 1020 g/mol. The standard InChI is InChI=1S/C43H74O27/c1-13-20(45)26(51)32(57)38(60-13)66-34-28(53)22(47)15(3)62-40(34)68-36-30(55)24(49)17(5)64-42(36)70-37-31(56)25(50)18(6)65-43(37)69-35-29(54)23(48)16(4)63-41(35)67-33-27(52)21(46)14(2)61-39(33)59-12-10-8-9-11-19(44)58-7/h13-18,20-43,45-57H,8-12H2,1-7H3/t13?,14?,15?,16?,17?,18?,20-,21-,22-,23-,24-,25-,26+,27+,28+,29+,30+,31+,32?,33?,34?,35?,36?,37?,38-,39+,40-,41-,42-,43-/m1/s1. The first kappa shape index (κ1) is 57.7. The van der Waals surface area contributed by atoms with E-state index in [0.29, 0.717) is 19.3 Å². The topological polar surface area (TPSA) is 400 Å². The second kappa shape index (κ2) is 24.9. The maximum atomic E-state index is 11.6. The smallest absolute Gasteiger partial charge is 0.305 e. The molecule has 27 heteroatoms. The van der Waals surface area contributed by atoms with E-state index in [9.17, 15) is 71.2 Å². The number of carbonyl (C=O) groups is 1. The third-order valence-electron chi connectivity index (χ3n) is 13.7. The van der Waals surface area contributed by atoms with Gasteiger partial charge >= 0.3 is 5.97 Å². The van der Waals surface area contributed by atoms with E-state index in [1.54, 1.807) is 0 Å². The Kier molecular flexibility index (Phi) is 20.5. The Morgan fingerprint density at radius 1 is 0.343 bits per heavy atom. The number of carbonyl (C=O) groups excluding carboxylic acids is 1. The van der Waals surface area contributed by atoms with Crippen LogP contribution in [-0.4, -0.2) is 270 Å². The lowest BCUT2D eigenvalue weighted by molar-refractivity contribution is -0.413. The highest BCUT2D eigenvalue weighted by atomic mass is 16.8. The van der Waals surface area contributed by atoms with E-state index >= 15 is 0 Å². The van der Waals surface area contributed by atoms with Gasteiger partial charge in [-0.15, -0.1) is 0 Å². The number of aliphatic hydroxyl groups is 13. The maximum Gasteiger partial charge on any atom is 0.305 e. The number of rotatable bonds is 17. The van der Waals surface area contributed by atoms with Crippen molar-refractivity contribution >= 4 is 5.97 Å². The summed E-state index contributed by atoms with van der Waals surface area (Å²) in [7, 11) is 1.29. The fraction of sp³-hybridized carbons (Fsp3) is 0.977. The van der Waals surface area contributed by atoms with Crippen LogP contribution in [0.4, 0.5) is 0 Å². The second-order valence-corrected chi connectivity index (χ2v) is 18.9. The molecular formula is C43H74O27. The molecule has 0 radical (unpaired) electrons. The molecule has 6 saturated heterocycles. The molecule has 6 aliphatic rings. The number of esters is 1. The molecule has 0 aromatic carbocycles. The van der Waals surface area contributed by atoms with Crippen molar-refractivity contribution in [2.24, 2.45) is 0 Å². The highest BCUT2D eigenvalue weighted by molar-refractivity contribution is 5.68. The van der Waals surface area contributed by atoms with Gasteiger partial charge in [-0.1, -0.05) is 6.42 Å². The molecule has 0 saturated carbocycles. The van der Waals surface area contributed by atoms with Gasteiger partial charge in [0.2, 0.25) is 0 Å². The summed E-state index contributed by atoms with van der Waals surface area (Å²) in [4.78, 5) is 11.5. The third kappa shape index (κ3) is 12.8. The normalized spacial score (nSPS) is 51.5. The molecule has 70 heavy (non-hydrogen) atoms. The van der Waals surface area contributed by atoms with E-state index in [1.807, 2.05) is 0 Å². The molecule has 6 heterocycles. The maximum absolute atomic E-state index is 11.6. The van der Waals surface area contributed by atoms with Gasteiger partial charge in [0.25, 0.3) is 0 Å². The minimum atomic E-state index is -1.93. The molecular weight excluding hydrogens is 948 g/mol. The van der Waals surface area contributed by atoms with Crippen LogP contribution in [0.1, 0.15) is 67.2 Å². The molecule has 0 aromatic heterocycles. The zero-order valence-electron chi connectivity index (χ0n) is 39.9. The first-order valence-corrected chi connectivity index (χ1v) is 23.7. The highest BCUT2D eigenvalue weighted by Crippen LogP contribution is 2.38. The highest BCUT2D eigenvalue weighted by Gasteiger charge is 2.57. The van der Waals surface area contributed by atoms with Crippen LogP contribution in [0, 0.1) is 0 Å². The average Bonchev–Trinajstić information content (AvgIpc) is 3.32. The van der Waals surface area contributed by atoms with Crippen LogP contribution in [0.15, 0.2) is 0 Å². The molecule has 13 N–H and O–H groups in total. The Morgan fingerprint density at radius 3 is 0.943 bits per heavy atom. The van der Waals surface area contributed by atoms with E-state index in [0.717, 1.165) is 0 Å². The van der Waals surface area contributed by atoms with E-state index in [2.05, 4.69) is 4.74 Å². The van der Waals surface area contributed by atoms with Gasteiger partial charge in [-0.2, -0.15) is 0 Å². The molecule has 6 rings (SSSR count). The Hall–Kier alpha value is -1.53. The van der Waals surface area contributed by atoms with Crippen LogP contribution < -0.4 is 0 Å². The van der Waals surface area contributed by atoms with Crippen molar-refractivity contribution in [3.8, 4) is 0 Å². The van der Waals surface area contributed by atoms with Crippen molar-refractivity contribution in [1.82, 2.24) is 0 Å². The second-order valence-electron chi connectivity index (χ2n) is 18.9. The van der Waals surface area contributed by atoms with Crippen LogP contribution >= 0.6 is 0 Å². The van der Waals surface area contributed by atoms with Crippen molar-refractivity contribution in [2.75, 3.05) is 13.7 Å². The zero-order chi connectivity index (χ0) is 51.6. The first-order valence-electron chi connectivity index (χ1n) is 23.7. The van der Waals surface area contributed by atoms with Gasteiger partial charge < -0.3 is 128 Å². The summed E-state index contributed by atoms with van der Waals surface area (Å²) in [5, 5.41) is 143. The quantitative estimate of drug-likeness (QED) is 0.0476. The molecule has 0 aromatic rings. The van der Waals surface area contributed by atoms with Crippen LogP contribution in [0.25, 0.3) is 0 Å². The predicted octanol–water partition coefficient (Wildman–Crippen LogP) is -6.18. The van der Waals surface area contributed by atoms with Crippen molar-refractivity contribution in [1.29, 1.82) is 0 Å². The Balaban J connectivity index is 1.24. The minimum absolute atomic E-state index is 0.0599. The Morgan fingerprint density at radius 2 is 0.614 bits per heavy atom. The van der Waals surface area contributed by atoms with Crippen LogP contribution in [0.2, 0.25) is 0 Å². The summed E-state index contributed by atoms with van der Waals surface area (Å²) in [6.45, 7) is 8.43. The van der Waals surface area contributed by atoms with E-state index < -0.39 is 184 Å². The van der Waals surface area contributed by atoms with Crippen molar-refractivity contribution in [3.05, 3.63) is 0 Å². The summed E-state index contributed by atoms with van der Waals surface area (Å²) in [5.41, 5.74) is 0. The van der Waals surface area contributed by atoms with Gasteiger partial charge in [-0.05, 0) is 54.4 Å². The summed E-state index contributed by atoms with van der Waals surface area (Å²) in [6.07, 6.45) is -46.9. The van der Waals surface area contributed by atoms with Crippen LogP contribution in [-0.2, 0) is 66.4 Å². The fourth-order valence-electron chi connectivity index (χ4n) is 9.06. The van der Waals surface area contributed by atoms with Crippen LogP contribution in [0.3, 0.4) is 0 Å². The lowest BCUT2D eigenvalue weighted by Gasteiger charge is -2.50. The van der Waals surface area contributed by atoms with Gasteiger partial charge in [0.05, 0.1) is 43.7 Å². The summed E-state index contributed by atoms with van der Waals surface area (Å²) in [6, 6.07) is 0. The number of methoxy groups -OCH3 is 1. The molecule has 0 amide bonds. The molecule has 12 unspecified atom stereocenters. The summed E-state index contributed by atoms with van der Waals surface area (Å²) in [5.74, 6) is -0.371. The SMILES string of the molecule is COC(=O)CCCCCO[C@H]1OC(C)[C@@H](O)[C@H](O)C1O[C@H]1OC(C)[C@@H](O)[C@H](O)C1O[C@H]1OC(C)[C@@H](O)[C@H](O)C1O[C@H]1OC(C)[C@@H](O)[C@H](O)C1O[C@H]1OC(C)[C@@H](O)[C@H](O)C1O[C@H]1OC(C)[C@@H](O)[C@H](O)C1O. The summed E-state index contributed by atoms with van der Waals surface area (Å²) < 4.78 is 76.3. The molecule has 27 nitrogen and oxygen atoms in total. The van der Waals surface area contributed by atoms with E-state index in [-0.39, 0.29) is 19.0 Å². The lowest BCUT2D eigenvalue weighted by Crippen LogP contribution is -2.68. The van der Waals surface area contributed by atoms with Crippen LogP contribution in [0.5, 0.6) is 0 Å². The van der Waals surface area contributed by atoms with E-state index in [1.165, 1.54) is 48.7 Å². The van der Waals surface area contributed by atoms with Gasteiger partial charge in [0.15, 0.2) is 37.7 Å². The molecule has 0 spiro atoms. The van der Waals surface area contributed by atoms with Crippen molar-refractivity contribution in [2.45, 2.75) is 251 Å². The number of aliphatic hydroxyl groups excluding tert-OH is 13. The minimum Gasteiger partial charge on any atom is -0.469 e. The largest absolute Gasteiger partial charge is 0.469 e. The molecule has 6 fully saturated rings. The zero-order valence-corrected chi connectivity index (χ0v) is 39.9. The number of unbranched alkanes of at least 4 members (excludes halogenated alkanes) is 2. The average molecular weight is 1020 g/mol. The molecule has 6 aliphatic heterocycles. The molecule has 408 valence electrons. The number of hydrogen-bond donors (Lipinski definition) is 13. The van der Waals surface area contributed by atoms with Gasteiger partial charge in [0, 0.05) is 13.0 Å². The first-order chi connectivity index (χ1) is 33.0. The molecule has 0 bridgehead atoms. The van der Waals surface area contributed by atoms with Crippen molar-refractivity contribution in [3.63, 3.8) is 0 Å². The summed E-state index contributed by atoms with van der Waals surface area (Å²) >= 11 is 0. The third-order valence-corrected chi connectivity index (χ3v) is 13.7. The lowest BCUT2D eigenvalue weighted by atomic mass is 9.96. The van der Waals surface area contributed by atoms with E-state index in [4.69, 9.17) is 56.8 Å². The van der Waals surface area contributed by atoms with Gasteiger partial charge in [0.1, 0.15) is 110 Å². The predicted molar refractivity (Wildman–Crippen MR) is 225 cm³/mol. The molecule has 0 aliphatic carbocycles.